The van der Waals surface area contributed by atoms with E-state index >= 15 is 0 Å². The molecule has 0 fully saturated rings. The van der Waals surface area contributed by atoms with Gasteiger partial charge in [0, 0.05) is 5.56 Å². The molecule has 1 heterocycles. The highest BCUT2D eigenvalue weighted by molar-refractivity contribution is 5.92. The number of aliphatic imine (C=N–C) groups is 1. The lowest BCUT2D eigenvalue weighted by molar-refractivity contribution is 0.179. The van der Waals surface area contributed by atoms with E-state index in [0.717, 1.165) is 11.3 Å². The van der Waals surface area contributed by atoms with Crippen LogP contribution >= 0.6 is 0 Å². The molecular weight excluding hydrogens is 214 g/mol. The molecule has 86 valence electrons. The van der Waals surface area contributed by atoms with E-state index in [2.05, 4.69) is 27.3 Å². The molecule has 0 unspecified atom stereocenters. The molecule has 1 aromatic rings. The van der Waals surface area contributed by atoms with E-state index in [1.165, 1.54) is 0 Å². The molecule has 1 aliphatic heterocycles. The van der Waals surface area contributed by atoms with Crippen molar-refractivity contribution < 1.29 is 4.84 Å². The smallest absolute Gasteiger partial charge is 0.177 e. The number of hydrogen-bond donors (Lipinski definition) is 1. The fraction of sp³-hybridized carbons (Fsp3) is 0.231. The maximum atomic E-state index is 5.10. The van der Waals surface area contributed by atoms with Gasteiger partial charge in [-0.2, -0.15) is 0 Å². The van der Waals surface area contributed by atoms with E-state index in [9.17, 15) is 0 Å². The van der Waals surface area contributed by atoms with Crippen LogP contribution in [-0.2, 0) is 4.84 Å². The maximum absolute atomic E-state index is 5.10. The van der Waals surface area contributed by atoms with Crippen molar-refractivity contribution in [3.05, 3.63) is 35.9 Å². The van der Waals surface area contributed by atoms with Gasteiger partial charge in [0.25, 0.3) is 0 Å². The first-order valence-electron chi connectivity index (χ1n) is 5.38. The van der Waals surface area contributed by atoms with Crippen LogP contribution in [0.3, 0.4) is 0 Å². The topological polar surface area (TPSA) is 46.0 Å². The summed E-state index contributed by atoms with van der Waals surface area (Å²) in [7, 11) is 0. The van der Waals surface area contributed by atoms with Crippen LogP contribution in [0, 0.1) is 11.8 Å². The lowest BCUT2D eigenvalue weighted by Gasteiger charge is -2.07. The van der Waals surface area contributed by atoms with E-state index in [1.807, 2.05) is 30.3 Å². The second-order valence-corrected chi connectivity index (χ2v) is 3.45. The van der Waals surface area contributed by atoms with Crippen molar-refractivity contribution in [2.45, 2.75) is 0 Å². The molecule has 1 aromatic carbocycles. The van der Waals surface area contributed by atoms with Crippen molar-refractivity contribution in [3.63, 3.8) is 0 Å². The zero-order valence-electron chi connectivity index (χ0n) is 9.39. The summed E-state index contributed by atoms with van der Waals surface area (Å²) in [6.45, 7) is 1.58. The zero-order valence-corrected chi connectivity index (χ0v) is 9.39. The number of nitrogens with zero attached hydrogens (tertiary/aromatic N) is 2. The molecule has 0 saturated heterocycles. The van der Waals surface area contributed by atoms with Crippen LogP contribution in [0.1, 0.15) is 5.56 Å². The summed E-state index contributed by atoms with van der Waals surface area (Å²) >= 11 is 0. The third-order valence-corrected chi connectivity index (χ3v) is 2.10. The minimum absolute atomic E-state index is 0.294. The fourth-order valence-electron chi connectivity index (χ4n) is 1.31. The van der Waals surface area contributed by atoms with Gasteiger partial charge in [0.1, 0.15) is 0 Å². The molecule has 1 aliphatic rings. The van der Waals surface area contributed by atoms with Crippen LogP contribution in [-0.4, -0.2) is 31.7 Å². The van der Waals surface area contributed by atoms with Crippen LogP contribution in [0.4, 0.5) is 0 Å². The molecule has 1 N–H and O–H groups in total. The van der Waals surface area contributed by atoms with Crippen LogP contribution < -0.4 is 5.32 Å². The van der Waals surface area contributed by atoms with Crippen LogP contribution in [0.5, 0.6) is 0 Å². The fourth-order valence-corrected chi connectivity index (χ4v) is 1.31. The van der Waals surface area contributed by atoms with Crippen LogP contribution in [0.2, 0.25) is 0 Å². The third-order valence-electron chi connectivity index (χ3n) is 2.10. The lowest BCUT2D eigenvalue weighted by atomic mass is 10.2. The first kappa shape index (κ1) is 11.2. The number of nitrogens with one attached hydrogen (secondary N) is 1. The molecule has 0 saturated carbocycles. The summed E-state index contributed by atoms with van der Waals surface area (Å²) < 4.78 is 0. The molecule has 4 heteroatoms. The maximum Gasteiger partial charge on any atom is 0.177 e. The lowest BCUT2D eigenvalue weighted by Crippen LogP contribution is -2.28. The summed E-state index contributed by atoms with van der Waals surface area (Å²) in [5.74, 6) is 5.90. The predicted octanol–water partition coefficient (Wildman–Crippen LogP) is 1.04. The summed E-state index contributed by atoms with van der Waals surface area (Å²) in [4.78, 5) is 9.12. The van der Waals surface area contributed by atoms with Gasteiger partial charge in [0.05, 0.1) is 25.1 Å². The SMILES string of the molecule is C(#Cc1ccccc1)CO/N=C1/CN=CNC1. The van der Waals surface area contributed by atoms with Crippen LogP contribution in [0.15, 0.2) is 40.5 Å². The Morgan fingerprint density at radius 3 is 3.00 bits per heavy atom. The van der Waals surface area contributed by atoms with Gasteiger partial charge >= 0.3 is 0 Å². The summed E-state index contributed by atoms with van der Waals surface area (Å²) in [6.07, 6.45) is 1.67. The number of rotatable bonds is 2. The number of benzene rings is 1. The molecule has 0 amide bonds. The minimum Gasteiger partial charge on any atom is -0.383 e. The minimum atomic E-state index is 0.294. The number of hydrogen-bond acceptors (Lipinski definition) is 4. The Bertz CT molecular complexity index is 468. The second kappa shape index (κ2) is 6.33. The van der Waals surface area contributed by atoms with Gasteiger partial charge in [-0.15, -0.1) is 0 Å². The zero-order chi connectivity index (χ0) is 11.8. The molecule has 0 spiro atoms. The Morgan fingerprint density at radius 1 is 1.35 bits per heavy atom. The molecule has 0 bridgehead atoms. The predicted molar refractivity (Wildman–Crippen MR) is 68.1 cm³/mol. The van der Waals surface area contributed by atoms with Gasteiger partial charge in [0.15, 0.2) is 6.61 Å². The first-order valence-corrected chi connectivity index (χ1v) is 5.38. The average Bonchev–Trinajstić information content (AvgIpc) is 2.41. The normalized spacial score (nSPS) is 15.9. The molecular formula is C13H13N3O. The number of oxime groups is 1. The van der Waals surface area contributed by atoms with Crippen LogP contribution in [0.25, 0.3) is 0 Å². The first-order chi connectivity index (χ1) is 8.45. The average molecular weight is 227 g/mol. The second-order valence-electron chi connectivity index (χ2n) is 3.45. The molecule has 2 rings (SSSR count). The van der Waals surface area contributed by atoms with Crippen molar-refractivity contribution >= 4 is 12.1 Å². The Labute approximate surface area is 100 Å². The van der Waals surface area contributed by atoms with Crippen molar-refractivity contribution in [2.75, 3.05) is 19.7 Å². The summed E-state index contributed by atoms with van der Waals surface area (Å²) in [6, 6.07) is 9.79. The molecule has 0 aliphatic carbocycles. The van der Waals surface area contributed by atoms with E-state index in [4.69, 9.17) is 4.84 Å². The Balaban J connectivity index is 1.77. The van der Waals surface area contributed by atoms with Crippen molar-refractivity contribution in [3.8, 4) is 11.8 Å². The molecule has 0 atom stereocenters. The van der Waals surface area contributed by atoms with Gasteiger partial charge in [-0.05, 0) is 12.1 Å². The van der Waals surface area contributed by atoms with E-state index in [-0.39, 0.29) is 0 Å². The summed E-state index contributed by atoms with van der Waals surface area (Å²) in [5.41, 5.74) is 1.86. The highest BCUT2D eigenvalue weighted by Crippen LogP contribution is 1.94. The molecule has 17 heavy (non-hydrogen) atoms. The van der Waals surface area contributed by atoms with Gasteiger partial charge in [0.2, 0.25) is 0 Å². The van der Waals surface area contributed by atoms with Crippen molar-refractivity contribution in [1.82, 2.24) is 5.32 Å². The molecule has 0 aromatic heterocycles. The monoisotopic (exact) mass is 227 g/mol. The van der Waals surface area contributed by atoms with Gasteiger partial charge in [-0.25, -0.2) is 0 Å². The van der Waals surface area contributed by atoms with Crippen molar-refractivity contribution in [2.24, 2.45) is 10.1 Å². The van der Waals surface area contributed by atoms with Gasteiger partial charge in [-0.3, -0.25) is 4.99 Å². The van der Waals surface area contributed by atoms with Gasteiger partial charge in [-0.1, -0.05) is 35.2 Å². The quantitative estimate of drug-likeness (QED) is 0.466. The Morgan fingerprint density at radius 2 is 2.24 bits per heavy atom. The Hall–Kier alpha value is -2.28. The highest BCUT2D eigenvalue weighted by atomic mass is 16.6. The largest absolute Gasteiger partial charge is 0.383 e. The highest BCUT2D eigenvalue weighted by Gasteiger charge is 2.00. The van der Waals surface area contributed by atoms with E-state index in [1.54, 1.807) is 6.34 Å². The van der Waals surface area contributed by atoms with E-state index < -0.39 is 0 Å². The standard InChI is InChI=1S/C13H13N3O/c1-2-5-12(6-3-1)7-4-8-17-16-13-9-14-11-15-10-13/h1-3,5-6,11H,8-10H2,(H,14,15). The molecule has 4 nitrogen and oxygen atoms in total. The van der Waals surface area contributed by atoms with E-state index in [0.29, 0.717) is 19.7 Å². The van der Waals surface area contributed by atoms with Gasteiger partial charge < -0.3 is 10.2 Å². The molecule has 0 radical (unpaired) electrons. The third kappa shape index (κ3) is 3.99. The summed E-state index contributed by atoms with van der Waals surface area (Å²) in [5, 5.41) is 6.92. The Kier molecular flexibility index (Phi) is 4.18. The van der Waals surface area contributed by atoms with Crippen molar-refractivity contribution in [1.29, 1.82) is 0 Å².